The molecule has 1 aliphatic heterocycles. The molecule has 0 bridgehead atoms. The number of piperazine rings is 1. The molecule has 1 atom stereocenters. The number of hydrogen-bond donors (Lipinski definition) is 2. The molecule has 1 fully saturated rings. The highest BCUT2D eigenvalue weighted by Gasteiger charge is 2.34. The molecule has 0 aliphatic carbocycles. The van der Waals surface area contributed by atoms with E-state index in [0.29, 0.717) is 13.1 Å². The summed E-state index contributed by atoms with van der Waals surface area (Å²) in [5.41, 5.74) is 0. The van der Waals surface area contributed by atoms with Crippen molar-refractivity contribution in [2.45, 2.75) is 19.1 Å². The SMILES string of the molecule is CCN(CC(F)(F)F)C(=O)C1CNCCN1. The average Bonchev–Trinajstić information content (AvgIpc) is 2.25. The first-order valence-corrected chi connectivity index (χ1v) is 5.23. The van der Waals surface area contributed by atoms with Gasteiger partial charge in [-0.15, -0.1) is 0 Å². The van der Waals surface area contributed by atoms with Crippen LogP contribution in [-0.2, 0) is 4.79 Å². The summed E-state index contributed by atoms with van der Waals surface area (Å²) >= 11 is 0. The molecule has 7 heteroatoms. The third-order valence-electron chi connectivity index (χ3n) is 2.40. The van der Waals surface area contributed by atoms with Crippen molar-refractivity contribution < 1.29 is 18.0 Å². The monoisotopic (exact) mass is 239 g/mol. The van der Waals surface area contributed by atoms with E-state index < -0.39 is 24.7 Å². The summed E-state index contributed by atoms with van der Waals surface area (Å²) in [6.45, 7) is 2.14. The van der Waals surface area contributed by atoms with Gasteiger partial charge in [0.15, 0.2) is 0 Å². The Morgan fingerprint density at radius 3 is 2.56 bits per heavy atom. The lowest BCUT2D eigenvalue weighted by molar-refractivity contribution is -0.162. The maximum atomic E-state index is 12.2. The number of nitrogens with zero attached hydrogens (tertiary/aromatic N) is 1. The van der Waals surface area contributed by atoms with Gasteiger partial charge in [0.2, 0.25) is 5.91 Å². The van der Waals surface area contributed by atoms with Gasteiger partial charge < -0.3 is 15.5 Å². The van der Waals surface area contributed by atoms with E-state index in [2.05, 4.69) is 10.6 Å². The molecule has 0 aromatic heterocycles. The molecule has 0 aromatic carbocycles. The minimum Gasteiger partial charge on any atom is -0.332 e. The van der Waals surface area contributed by atoms with E-state index in [1.165, 1.54) is 0 Å². The Balaban J connectivity index is 2.54. The van der Waals surface area contributed by atoms with Crippen molar-refractivity contribution in [2.75, 3.05) is 32.7 Å². The number of rotatable bonds is 3. The van der Waals surface area contributed by atoms with Gasteiger partial charge in [0, 0.05) is 26.2 Å². The number of halogens is 3. The van der Waals surface area contributed by atoms with Crippen LogP contribution in [0.1, 0.15) is 6.92 Å². The maximum absolute atomic E-state index is 12.2. The zero-order valence-corrected chi connectivity index (χ0v) is 9.10. The molecule has 2 N–H and O–H groups in total. The van der Waals surface area contributed by atoms with Gasteiger partial charge in [-0.3, -0.25) is 4.79 Å². The van der Waals surface area contributed by atoms with Gasteiger partial charge in [-0.05, 0) is 6.92 Å². The third-order valence-corrected chi connectivity index (χ3v) is 2.40. The van der Waals surface area contributed by atoms with Crippen LogP contribution in [0, 0.1) is 0 Å². The summed E-state index contributed by atoms with van der Waals surface area (Å²) in [6, 6.07) is -0.545. The second-order valence-corrected chi connectivity index (χ2v) is 3.68. The van der Waals surface area contributed by atoms with Crippen LogP contribution in [0.15, 0.2) is 0 Å². The molecule has 1 amide bonds. The van der Waals surface area contributed by atoms with Crippen LogP contribution in [0.4, 0.5) is 13.2 Å². The lowest BCUT2D eigenvalue weighted by atomic mass is 10.2. The minimum atomic E-state index is -4.34. The molecule has 16 heavy (non-hydrogen) atoms. The van der Waals surface area contributed by atoms with Crippen molar-refractivity contribution in [1.82, 2.24) is 15.5 Å². The maximum Gasteiger partial charge on any atom is 0.406 e. The van der Waals surface area contributed by atoms with E-state index in [9.17, 15) is 18.0 Å². The zero-order valence-electron chi connectivity index (χ0n) is 9.10. The summed E-state index contributed by atoms with van der Waals surface area (Å²) in [5.74, 6) is -0.493. The molecule has 94 valence electrons. The number of carbonyl (C=O) groups is 1. The van der Waals surface area contributed by atoms with Crippen molar-refractivity contribution >= 4 is 5.91 Å². The fourth-order valence-electron chi connectivity index (χ4n) is 1.61. The van der Waals surface area contributed by atoms with Crippen molar-refractivity contribution in [3.05, 3.63) is 0 Å². The Morgan fingerprint density at radius 2 is 2.12 bits per heavy atom. The van der Waals surface area contributed by atoms with E-state index in [0.717, 1.165) is 11.4 Å². The molecule has 4 nitrogen and oxygen atoms in total. The van der Waals surface area contributed by atoms with Gasteiger partial charge in [0.05, 0.1) is 6.04 Å². The van der Waals surface area contributed by atoms with Gasteiger partial charge in [-0.2, -0.15) is 13.2 Å². The van der Waals surface area contributed by atoms with E-state index in [1.54, 1.807) is 6.92 Å². The van der Waals surface area contributed by atoms with Gasteiger partial charge in [0.25, 0.3) is 0 Å². The van der Waals surface area contributed by atoms with Crippen molar-refractivity contribution in [3.8, 4) is 0 Å². The summed E-state index contributed by atoms with van der Waals surface area (Å²) in [7, 11) is 0. The summed E-state index contributed by atoms with van der Waals surface area (Å²) in [4.78, 5) is 12.6. The van der Waals surface area contributed by atoms with Crippen LogP contribution < -0.4 is 10.6 Å². The van der Waals surface area contributed by atoms with Crippen LogP contribution >= 0.6 is 0 Å². The summed E-state index contributed by atoms with van der Waals surface area (Å²) in [6.07, 6.45) is -4.34. The second-order valence-electron chi connectivity index (χ2n) is 3.68. The van der Waals surface area contributed by atoms with Gasteiger partial charge in [-0.1, -0.05) is 0 Å². The van der Waals surface area contributed by atoms with Crippen LogP contribution in [-0.4, -0.2) is 55.7 Å². The topological polar surface area (TPSA) is 44.4 Å². The van der Waals surface area contributed by atoms with Crippen molar-refractivity contribution in [2.24, 2.45) is 0 Å². The first kappa shape index (κ1) is 13.2. The van der Waals surface area contributed by atoms with Gasteiger partial charge in [0.1, 0.15) is 6.54 Å². The smallest absolute Gasteiger partial charge is 0.332 e. The average molecular weight is 239 g/mol. The lowest BCUT2D eigenvalue weighted by Gasteiger charge is -2.30. The van der Waals surface area contributed by atoms with Crippen molar-refractivity contribution in [1.29, 1.82) is 0 Å². The number of amides is 1. The van der Waals surface area contributed by atoms with Crippen LogP contribution in [0.2, 0.25) is 0 Å². The van der Waals surface area contributed by atoms with Gasteiger partial charge in [-0.25, -0.2) is 0 Å². The Bertz CT molecular complexity index is 239. The molecule has 0 radical (unpaired) electrons. The Labute approximate surface area is 92.2 Å². The Hall–Kier alpha value is -0.820. The zero-order chi connectivity index (χ0) is 12.2. The molecule has 1 rings (SSSR count). The standard InChI is InChI=1S/C9H16F3N3O/c1-2-15(6-9(10,11)12)8(16)7-5-13-3-4-14-7/h7,13-14H,2-6H2,1H3. The van der Waals surface area contributed by atoms with E-state index >= 15 is 0 Å². The highest BCUT2D eigenvalue weighted by molar-refractivity contribution is 5.82. The predicted octanol–water partition coefficient (Wildman–Crippen LogP) is -0.0414. The molecule has 0 spiro atoms. The number of alkyl halides is 3. The minimum absolute atomic E-state index is 0.0660. The Morgan fingerprint density at radius 1 is 1.44 bits per heavy atom. The van der Waals surface area contributed by atoms with Crippen LogP contribution in [0.5, 0.6) is 0 Å². The first-order valence-electron chi connectivity index (χ1n) is 5.23. The van der Waals surface area contributed by atoms with E-state index in [-0.39, 0.29) is 6.54 Å². The van der Waals surface area contributed by atoms with E-state index in [1.807, 2.05) is 0 Å². The van der Waals surface area contributed by atoms with Gasteiger partial charge >= 0.3 is 6.18 Å². The largest absolute Gasteiger partial charge is 0.406 e. The molecule has 0 saturated carbocycles. The van der Waals surface area contributed by atoms with Crippen molar-refractivity contribution in [3.63, 3.8) is 0 Å². The highest BCUT2D eigenvalue weighted by atomic mass is 19.4. The molecule has 0 aromatic rings. The second kappa shape index (κ2) is 5.49. The fraction of sp³-hybridized carbons (Fsp3) is 0.889. The number of likely N-dealkylation sites (N-methyl/N-ethyl adjacent to an activating group) is 1. The predicted molar refractivity (Wildman–Crippen MR) is 53.0 cm³/mol. The molecular formula is C9H16F3N3O. The van der Waals surface area contributed by atoms with E-state index in [4.69, 9.17) is 0 Å². The third kappa shape index (κ3) is 3.97. The fourth-order valence-corrected chi connectivity index (χ4v) is 1.61. The van der Waals surface area contributed by atoms with Crippen LogP contribution in [0.25, 0.3) is 0 Å². The normalized spacial score (nSPS) is 21.9. The molecule has 1 heterocycles. The van der Waals surface area contributed by atoms with Crippen LogP contribution in [0.3, 0.4) is 0 Å². The highest BCUT2D eigenvalue weighted by Crippen LogP contribution is 2.16. The Kier molecular flexibility index (Phi) is 4.55. The molecule has 1 aliphatic rings. The quantitative estimate of drug-likeness (QED) is 0.726. The summed E-state index contributed by atoms with van der Waals surface area (Å²) < 4.78 is 36.6. The molecule has 1 unspecified atom stereocenters. The summed E-state index contributed by atoms with van der Waals surface area (Å²) in [5, 5.41) is 5.86. The number of carbonyl (C=O) groups excluding carboxylic acids is 1. The number of nitrogens with one attached hydrogen (secondary N) is 2. The number of hydrogen-bond acceptors (Lipinski definition) is 3. The first-order chi connectivity index (χ1) is 7.44. The molecular weight excluding hydrogens is 223 g/mol. The molecule has 1 saturated heterocycles. The lowest BCUT2D eigenvalue weighted by Crippen LogP contribution is -2.57.